The molecule has 1 unspecified atom stereocenters. The molecule has 0 fully saturated rings. The van der Waals surface area contributed by atoms with Crippen LogP contribution in [-0.4, -0.2) is 9.97 Å². The lowest BCUT2D eigenvalue weighted by atomic mass is 9.86. The molecule has 12 rings (SSSR count). The summed E-state index contributed by atoms with van der Waals surface area (Å²) in [5.74, 6) is 0.717. The molecule has 5 nitrogen and oxygen atoms in total. The van der Waals surface area contributed by atoms with Crippen molar-refractivity contribution >= 4 is 71.5 Å². The average molecular weight is 733 g/mol. The first kappa shape index (κ1) is 31.8. The van der Waals surface area contributed by atoms with Gasteiger partial charge in [0.15, 0.2) is 11.4 Å². The largest absolute Gasteiger partial charge is 0.455 e. The van der Waals surface area contributed by atoms with Crippen molar-refractivity contribution in [2.75, 3.05) is 0 Å². The number of para-hydroxylation sites is 5. The molecule has 4 heterocycles. The molecule has 0 spiro atoms. The molecule has 268 valence electrons. The minimum atomic E-state index is 0.0825. The van der Waals surface area contributed by atoms with Crippen molar-refractivity contribution in [3.05, 3.63) is 187 Å². The van der Waals surface area contributed by atoms with Gasteiger partial charge < -0.3 is 13.3 Å². The van der Waals surface area contributed by atoms with Crippen LogP contribution in [0.2, 0.25) is 0 Å². The molecule has 0 N–H and O–H groups in total. The molecule has 0 saturated carbocycles. The third kappa shape index (κ3) is 5.02. The normalized spacial score (nSPS) is 14.5. The highest BCUT2D eigenvalue weighted by atomic mass is 16.3. The second-order valence-electron chi connectivity index (χ2n) is 14.8. The van der Waals surface area contributed by atoms with Crippen molar-refractivity contribution in [3.63, 3.8) is 0 Å². The Hall–Kier alpha value is -7.50. The number of furan rings is 3. The minimum absolute atomic E-state index is 0.0825. The zero-order valence-electron chi connectivity index (χ0n) is 30.6. The first-order chi connectivity index (χ1) is 28.2. The van der Waals surface area contributed by atoms with E-state index in [9.17, 15) is 0 Å². The summed E-state index contributed by atoms with van der Waals surface area (Å²) in [7, 11) is 0. The Balaban J connectivity index is 1.01. The quantitative estimate of drug-likeness (QED) is 0.176. The Bertz CT molecular complexity index is 3450. The van der Waals surface area contributed by atoms with Crippen LogP contribution in [0, 0.1) is 0 Å². The Morgan fingerprint density at radius 1 is 0.456 bits per heavy atom. The SMILES string of the molecule is C1=CC(c2cccc3c2oc2ccccc23)=CC(c2cccc3c2oc2c(-c4ccccc4)nc(-c4cccc(-c5cccc6c5oc5ccccc56)c4)nc23)C1. The van der Waals surface area contributed by atoms with Crippen LogP contribution in [0.15, 0.2) is 189 Å². The van der Waals surface area contributed by atoms with Gasteiger partial charge in [0.1, 0.15) is 39.1 Å². The maximum Gasteiger partial charge on any atom is 0.180 e. The number of aromatic nitrogens is 2. The molecule has 0 aliphatic heterocycles. The number of hydrogen-bond acceptors (Lipinski definition) is 5. The van der Waals surface area contributed by atoms with E-state index in [0.29, 0.717) is 11.4 Å². The van der Waals surface area contributed by atoms with Crippen molar-refractivity contribution in [1.29, 1.82) is 0 Å². The van der Waals surface area contributed by atoms with E-state index in [1.807, 2.05) is 42.5 Å². The van der Waals surface area contributed by atoms with E-state index in [0.717, 1.165) is 111 Å². The van der Waals surface area contributed by atoms with Crippen LogP contribution in [0.4, 0.5) is 0 Å². The highest BCUT2D eigenvalue weighted by Crippen LogP contribution is 2.43. The first-order valence-corrected chi connectivity index (χ1v) is 19.3. The van der Waals surface area contributed by atoms with Gasteiger partial charge in [-0.25, -0.2) is 9.97 Å². The first-order valence-electron chi connectivity index (χ1n) is 19.3. The molecular weight excluding hydrogens is 701 g/mol. The topological polar surface area (TPSA) is 65.2 Å². The van der Waals surface area contributed by atoms with Crippen molar-refractivity contribution < 1.29 is 13.3 Å². The molecule has 57 heavy (non-hydrogen) atoms. The molecule has 0 saturated heterocycles. The van der Waals surface area contributed by atoms with Crippen LogP contribution in [0.3, 0.4) is 0 Å². The number of hydrogen-bond donors (Lipinski definition) is 0. The van der Waals surface area contributed by atoms with E-state index in [-0.39, 0.29) is 5.92 Å². The Kier molecular flexibility index (Phi) is 6.99. The molecule has 4 aromatic heterocycles. The zero-order valence-corrected chi connectivity index (χ0v) is 30.6. The zero-order chi connectivity index (χ0) is 37.5. The molecular formula is C52H32N2O3. The Labute approximate surface area is 326 Å². The van der Waals surface area contributed by atoms with Crippen LogP contribution in [0.25, 0.3) is 105 Å². The number of benzene rings is 7. The van der Waals surface area contributed by atoms with Gasteiger partial charge in [0.2, 0.25) is 0 Å². The van der Waals surface area contributed by atoms with Crippen LogP contribution in [0.5, 0.6) is 0 Å². The third-order valence-electron chi connectivity index (χ3n) is 11.4. The van der Waals surface area contributed by atoms with Gasteiger partial charge in [-0.3, -0.25) is 0 Å². The fraction of sp³-hybridized carbons (Fsp3) is 0.0385. The predicted molar refractivity (Wildman–Crippen MR) is 231 cm³/mol. The fourth-order valence-corrected chi connectivity index (χ4v) is 8.75. The monoisotopic (exact) mass is 732 g/mol. The highest BCUT2D eigenvalue weighted by molar-refractivity contribution is 6.11. The maximum atomic E-state index is 6.93. The molecule has 0 radical (unpaired) electrons. The van der Waals surface area contributed by atoms with Crippen molar-refractivity contribution in [2.24, 2.45) is 0 Å². The van der Waals surface area contributed by atoms with Gasteiger partial charge in [-0.1, -0.05) is 152 Å². The molecule has 11 aromatic rings. The summed E-state index contributed by atoms with van der Waals surface area (Å²) in [5, 5.41) is 5.43. The number of fused-ring (bicyclic) bond motifs is 9. The van der Waals surface area contributed by atoms with Gasteiger partial charge in [0.25, 0.3) is 0 Å². The second-order valence-corrected chi connectivity index (χ2v) is 14.8. The van der Waals surface area contributed by atoms with E-state index in [2.05, 4.69) is 133 Å². The lowest BCUT2D eigenvalue weighted by Crippen LogP contribution is -2.00. The minimum Gasteiger partial charge on any atom is -0.455 e. The average Bonchev–Trinajstić information content (AvgIpc) is 3.98. The summed E-state index contributed by atoms with van der Waals surface area (Å²) in [4.78, 5) is 10.5. The Morgan fingerprint density at radius 2 is 1.07 bits per heavy atom. The van der Waals surface area contributed by atoms with E-state index in [1.165, 1.54) is 0 Å². The third-order valence-corrected chi connectivity index (χ3v) is 11.4. The van der Waals surface area contributed by atoms with Crippen molar-refractivity contribution in [2.45, 2.75) is 12.3 Å². The summed E-state index contributed by atoms with van der Waals surface area (Å²) in [5.41, 5.74) is 13.9. The van der Waals surface area contributed by atoms with Gasteiger partial charge in [-0.2, -0.15) is 0 Å². The standard InChI is InChI=1S/C52H32N2O3/c1-2-13-31(14-3-1)46-51-47(54-52(53-46)35-18-9-17-34(30-35)37-22-11-25-42-40-20-5-7-28-45(40)56-49(37)42)43-26-12-23-38(50(43)57-51)33-16-8-15-32(29-33)36-21-10-24-41-39-19-4-6-27-44(39)55-48(36)41/h1-15,17-30,33H,16H2. The van der Waals surface area contributed by atoms with E-state index in [4.69, 9.17) is 23.2 Å². The van der Waals surface area contributed by atoms with Gasteiger partial charge in [-0.05, 0) is 41.8 Å². The summed E-state index contributed by atoms with van der Waals surface area (Å²) < 4.78 is 19.8. The van der Waals surface area contributed by atoms with Crippen molar-refractivity contribution in [3.8, 4) is 33.8 Å². The van der Waals surface area contributed by atoms with Gasteiger partial charge >= 0.3 is 0 Å². The number of nitrogens with zero attached hydrogens (tertiary/aromatic N) is 2. The second kappa shape index (κ2) is 12.5. The van der Waals surface area contributed by atoms with Gasteiger partial charge in [-0.15, -0.1) is 0 Å². The smallest absolute Gasteiger partial charge is 0.180 e. The molecule has 0 amide bonds. The summed E-state index contributed by atoms with van der Waals surface area (Å²) in [6, 6.07) is 54.3. The van der Waals surface area contributed by atoms with E-state index in [1.54, 1.807) is 0 Å². The van der Waals surface area contributed by atoms with Crippen LogP contribution >= 0.6 is 0 Å². The number of allylic oxidation sites excluding steroid dienone is 4. The summed E-state index contributed by atoms with van der Waals surface area (Å²) >= 11 is 0. The molecule has 5 heteroatoms. The lowest BCUT2D eigenvalue weighted by molar-refractivity contribution is 0.656. The maximum absolute atomic E-state index is 6.93. The Morgan fingerprint density at radius 3 is 1.86 bits per heavy atom. The van der Waals surface area contributed by atoms with Crippen LogP contribution in [0.1, 0.15) is 23.5 Å². The predicted octanol–water partition coefficient (Wildman–Crippen LogP) is 14.3. The molecule has 0 bridgehead atoms. The van der Waals surface area contributed by atoms with E-state index >= 15 is 0 Å². The van der Waals surface area contributed by atoms with Gasteiger partial charge in [0, 0.05) is 60.7 Å². The lowest BCUT2D eigenvalue weighted by Gasteiger charge is -2.18. The highest BCUT2D eigenvalue weighted by Gasteiger charge is 2.24. The summed E-state index contributed by atoms with van der Waals surface area (Å²) in [6.45, 7) is 0. The van der Waals surface area contributed by atoms with E-state index < -0.39 is 0 Å². The molecule has 1 aliphatic rings. The van der Waals surface area contributed by atoms with Crippen molar-refractivity contribution in [1.82, 2.24) is 9.97 Å². The number of rotatable bonds is 5. The van der Waals surface area contributed by atoms with Gasteiger partial charge in [0.05, 0.1) is 0 Å². The fourth-order valence-electron chi connectivity index (χ4n) is 8.75. The molecule has 7 aromatic carbocycles. The molecule has 1 aliphatic carbocycles. The van der Waals surface area contributed by atoms with Crippen LogP contribution in [-0.2, 0) is 0 Å². The summed E-state index contributed by atoms with van der Waals surface area (Å²) in [6.07, 6.45) is 7.68. The molecule has 1 atom stereocenters. The van der Waals surface area contributed by atoms with Crippen LogP contribution < -0.4 is 0 Å².